The molecule has 0 saturated carbocycles. The Hall–Kier alpha value is -2.22. The predicted octanol–water partition coefficient (Wildman–Crippen LogP) is 1.67. The average molecular weight is 318 g/mol. The first-order valence-electron chi connectivity index (χ1n) is 6.69. The summed E-state index contributed by atoms with van der Waals surface area (Å²) in [5.74, 6) is 0.221. The number of aliphatic hydroxyl groups is 1. The maximum atomic E-state index is 9.51. The number of halogens is 1. The maximum Gasteiger partial charge on any atom is 0.226 e. The van der Waals surface area contributed by atoms with Crippen LogP contribution in [0.4, 0.5) is 5.82 Å². The van der Waals surface area contributed by atoms with E-state index in [-0.39, 0.29) is 23.8 Å². The van der Waals surface area contributed by atoms with Crippen molar-refractivity contribution in [3.05, 3.63) is 47.0 Å². The van der Waals surface area contributed by atoms with E-state index in [1.807, 2.05) is 24.3 Å². The summed E-state index contributed by atoms with van der Waals surface area (Å²) in [5.41, 5.74) is 8.69. The van der Waals surface area contributed by atoms with Crippen LogP contribution in [0.3, 0.4) is 0 Å². The molecule has 3 aromatic rings. The van der Waals surface area contributed by atoms with Crippen LogP contribution in [0, 0.1) is 0 Å². The lowest BCUT2D eigenvalue weighted by atomic mass is 10.0. The Kier molecular flexibility index (Phi) is 3.00. The molecule has 0 radical (unpaired) electrons. The molecule has 2 atom stereocenters. The van der Waals surface area contributed by atoms with Gasteiger partial charge in [-0.1, -0.05) is 24.3 Å². The first-order valence-corrected chi connectivity index (χ1v) is 7.07. The lowest BCUT2D eigenvalue weighted by molar-refractivity contribution is -0.0305. The summed E-state index contributed by atoms with van der Waals surface area (Å²) in [6.07, 6.45) is 0.768. The van der Waals surface area contributed by atoms with Crippen molar-refractivity contribution in [1.82, 2.24) is 19.5 Å². The number of nitrogen functional groups attached to an aromatic ring is 1. The quantitative estimate of drug-likeness (QED) is 0.698. The van der Waals surface area contributed by atoms with Gasteiger partial charge in [0.2, 0.25) is 5.28 Å². The summed E-state index contributed by atoms with van der Waals surface area (Å²) in [6.45, 7) is -0.0992. The highest BCUT2D eigenvalue weighted by Crippen LogP contribution is 2.40. The van der Waals surface area contributed by atoms with Crippen LogP contribution in [0.2, 0.25) is 5.28 Å². The van der Waals surface area contributed by atoms with E-state index >= 15 is 0 Å². The number of hydrogen-bond acceptors (Lipinski definition) is 6. The van der Waals surface area contributed by atoms with Gasteiger partial charge in [-0.3, -0.25) is 4.57 Å². The fourth-order valence-corrected chi connectivity index (χ4v) is 2.94. The molecular weight excluding hydrogens is 306 g/mol. The molecule has 2 unspecified atom stereocenters. The summed E-state index contributed by atoms with van der Waals surface area (Å²) in [7, 11) is 0. The Morgan fingerprint density at radius 3 is 2.82 bits per heavy atom. The normalized spacial score (nSPS) is 20.5. The van der Waals surface area contributed by atoms with E-state index in [9.17, 15) is 5.11 Å². The van der Waals surface area contributed by atoms with Crippen LogP contribution >= 0.6 is 11.6 Å². The van der Waals surface area contributed by atoms with Gasteiger partial charge in [0.15, 0.2) is 17.7 Å². The molecular formula is C14H12ClN5O2. The van der Waals surface area contributed by atoms with Gasteiger partial charge in [0.05, 0.1) is 12.9 Å². The topological polar surface area (TPSA) is 99.1 Å². The molecule has 0 aliphatic carbocycles. The molecule has 3 N–H and O–H groups in total. The summed E-state index contributed by atoms with van der Waals surface area (Å²) in [5, 5.41) is 9.57. The number of aliphatic hydroxyl groups excluding tert-OH is 1. The minimum Gasteiger partial charge on any atom is -0.393 e. The predicted molar refractivity (Wildman–Crippen MR) is 80.2 cm³/mol. The number of nitrogens with two attached hydrogens (primary N) is 1. The van der Waals surface area contributed by atoms with Crippen LogP contribution in [0.25, 0.3) is 11.2 Å². The van der Waals surface area contributed by atoms with Gasteiger partial charge in [-0.25, -0.2) is 4.98 Å². The second kappa shape index (κ2) is 4.91. The van der Waals surface area contributed by atoms with Crippen LogP contribution < -0.4 is 5.73 Å². The van der Waals surface area contributed by atoms with Crippen LogP contribution in [0.1, 0.15) is 23.5 Å². The highest BCUT2D eigenvalue weighted by Gasteiger charge is 2.33. The van der Waals surface area contributed by atoms with Crippen molar-refractivity contribution >= 4 is 28.6 Å². The SMILES string of the molecule is Nc1nc(Cl)nc2c1ncn2C1OC(CO)c2ccccc21. The minimum atomic E-state index is -0.441. The number of aromatic nitrogens is 4. The number of rotatable bonds is 2. The minimum absolute atomic E-state index is 0.0525. The Morgan fingerprint density at radius 1 is 1.27 bits per heavy atom. The molecule has 3 heterocycles. The third-order valence-electron chi connectivity index (χ3n) is 3.74. The third kappa shape index (κ3) is 1.87. The second-order valence-electron chi connectivity index (χ2n) is 4.99. The molecule has 0 bridgehead atoms. The molecule has 22 heavy (non-hydrogen) atoms. The van der Waals surface area contributed by atoms with E-state index in [4.69, 9.17) is 22.1 Å². The number of anilines is 1. The molecule has 0 saturated heterocycles. The van der Waals surface area contributed by atoms with Gasteiger partial charge < -0.3 is 15.6 Å². The van der Waals surface area contributed by atoms with Crippen LogP contribution in [-0.2, 0) is 4.74 Å². The number of imidazole rings is 1. The van der Waals surface area contributed by atoms with E-state index in [1.54, 1.807) is 10.9 Å². The van der Waals surface area contributed by atoms with Gasteiger partial charge in [0, 0.05) is 5.56 Å². The summed E-state index contributed by atoms with van der Waals surface area (Å²) in [6, 6.07) is 7.72. The van der Waals surface area contributed by atoms with E-state index < -0.39 is 6.23 Å². The Bertz CT molecular complexity index is 866. The monoisotopic (exact) mass is 317 g/mol. The average Bonchev–Trinajstić information content (AvgIpc) is 3.08. The molecule has 7 nitrogen and oxygen atoms in total. The maximum absolute atomic E-state index is 9.51. The molecule has 1 aliphatic rings. The first kappa shape index (κ1) is 13.4. The first-order chi connectivity index (χ1) is 10.7. The van der Waals surface area contributed by atoms with Gasteiger partial charge in [0.25, 0.3) is 0 Å². The summed E-state index contributed by atoms with van der Waals surface area (Å²) >= 11 is 5.89. The molecule has 0 amide bonds. The third-order valence-corrected chi connectivity index (χ3v) is 3.91. The number of ether oxygens (including phenoxy) is 1. The molecule has 112 valence electrons. The summed E-state index contributed by atoms with van der Waals surface area (Å²) < 4.78 is 7.69. The lowest BCUT2D eigenvalue weighted by Crippen LogP contribution is -2.11. The van der Waals surface area contributed by atoms with Crippen molar-refractivity contribution < 1.29 is 9.84 Å². The largest absolute Gasteiger partial charge is 0.393 e. The highest BCUT2D eigenvalue weighted by atomic mass is 35.5. The Labute approximate surface area is 130 Å². The fraction of sp³-hybridized carbons (Fsp3) is 0.214. The molecule has 8 heteroatoms. The molecule has 0 spiro atoms. The van der Waals surface area contributed by atoms with E-state index in [0.29, 0.717) is 11.2 Å². The zero-order valence-corrected chi connectivity index (χ0v) is 12.1. The smallest absolute Gasteiger partial charge is 0.226 e. The van der Waals surface area contributed by atoms with E-state index in [0.717, 1.165) is 11.1 Å². The van der Waals surface area contributed by atoms with Gasteiger partial charge in [-0.2, -0.15) is 9.97 Å². The van der Waals surface area contributed by atoms with Gasteiger partial charge in [-0.15, -0.1) is 0 Å². The summed E-state index contributed by atoms with van der Waals surface area (Å²) in [4.78, 5) is 12.3. The fourth-order valence-electron chi connectivity index (χ4n) is 2.77. The number of hydrogen-bond donors (Lipinski definition) is 2. The van der Waals surface area contributed by atoms with Crippen molar-refractivity contribution in [1.29, 1.82) is 0 Å². The number of nitrogens with zero attached hydrogens (tertiary/aromatic N) is 4. The van der Waals surface area contributed by atoms with Crippen molar-refractivity contribution in [2.75, 3.05) is 12.3 Å². The Morgan fingerprint density at radius 2 is 2.05 bits per heavy atom. The van der Waals surface area contributed by atoms with Crippen molar-refractivity contribution in [2.24, 2.45) is 0 Å². The van der Waals surface area contributed by atoms with Crippen molar-refractivity contribution in [3.63, 3.8) is 0 Å². The standard InChI is InChI=1S/C14H12ClN5O2/c15-14-18-11(16)10-12(19-14)20(6-17-10)13-8-4-2-1-3-7(8)9(5-21)22-13/h1-4,6,9,13,21H,5H2,(H2,16,18,19). The van der Waals surface area contributed by atoms with Crippen molar-refractivity contribution in [3.8, 4) is 0 Å². The van der Waals surface area contributed by atoms with E-state index in [2.05, 4.69) is 15.0 Å². The Balaban J connectivity index is 1.90. The van der Waals surface area contributed by atoms with Gasteiger partial charge in [-0.05, 0) is 17.2 Å². The van der Waals surface area contributed by atoms with Gasteiger partial charge in [0.1, 0.15) is 11.6 Å². The van der Waals surface area contributed by atoms with Gasteiger partial charge >= 0.3 is 0 Å². The molecule has 1 aromatic carbocycles. The molecule has 1 aliphatic heterocycles. The van der Waals surface area contributed by atoms with Crippen LogP contribution in [0.15, 0.2) is 30.6 Å². The number of fused-ring (bicyclic) bond motifs is 2. The zero-order valence-electron chi connectivity index (χ0n) is 11.3. The second-order valence-corrected chi connectivity index (χ2v) is 5.33. The van der Waals surface area contributed by atoms with E-state index in [1.165, 1.54) is 0 Å². The number of benzene rings is 1. The molecule has 4 rings (SSSR count). The van der Waals surface area contributed by atoms with Crippen molar-refractivity contribution in [2.45, 2.75) is 12.3 Å². The zero-order chi connectivity index (χ0) is 15.3. The van der Waals surface area contributed by atoms with Crippen LogP contribution in [0.5, 0.6) is 0 Å². The highest BCUT2D eigenvalue weighted by molar-refractivity contribution is 6.28. The lowest BCUT2D eigenvalue weighted by Gasteiger charge is -2.15. The molecule has 0 fully saturated rings. The molecule has 2 aromatic heterocycles. The van der Waals surface area contributed by atoms with Crippen LogP contribution in [-0.4, -0.2) is 31.2 Å².